The summed E-state index contributed by atoms with van der Waals surface area (Å²) in [6.07, 6.45) is 1.83. The van der Waals surface area contributed by atoms with Gasteiger partial charge < -0.3 is 20.1 Å². The minimum absolute atomic E-state index is 0.647. The third-order valence-electron chi connectivity index (χ3n) is 4.19. The molecule has 0 fully saturated rings. The highest BCUT2D eigenvalue weighted by Crippen LogP contribution is 2.20. The lowest BCUT2D eigenvalue weighted by Gasteiger charge is -2.15. The zero-order chi connectivity index (χ0) is 19.3. The SMILES string of the molecule is CN=C(NCCc1ccccc1)NCc1ccc(C)cc1OCCCOC. The summed E-state index contributed by atoms with van der Waals surface area (Å²) >= 11 is 0. The van der Waals surface area contributed by atoms with Crippen LogP contribution in [0.25, 0.3) is 0 Å². The van der Waals surface area contributed by atoms with Gasteiger partial charge in [-0.1, -0.05) is 42.5 Å². The molecule has 27 heavy (non-hydrogen) atoms. The van der Waals surface area contributed by atoms with Crippen LogP contribution in [0.1, 0.15) is 23.1 Å². The maximum Gasteiger partial charge on any atom is 0.191 e. The summed E-state index contributed by atoms with van der Waals surface area (Å²) in [5.74, 6) is 1.70. The van der Waals surface area contributed by atoms with Crippen LogP contribution in [0.15, 0.2) is 53.5 Å². The van der Waals surface area contributed by atoms with Crippen molar-refractivity contribution in [1.82, 2.24) is 10.6 Å². The van der Waals surface area contributed by atoms with Crippen LogP contribution in [-0.4, -0.2) is 39.9 Å². The van der Waals surface area contributed by atoms with Gasteiger partial charge in [0.1, 0.15) is 5.75 Å². The van der Waals surface area contributed by atoms with Crippen molar-refractivity contribution >= 4 is 5.96 Å². The monoisotopic (exact) mass is 369 g/mol. The Morgan fingerprint density at radius 3 is 2.59 bits per heavy atom. The van der Waals surface area contributed by atoms with E-state index in [0.29, 0.717) is 19.8 Å². The van der Waals surface area contributed by atoms with Crippen LogP contribution in [-0.2, 0) is 17.7 Å². The number of guanidine groups is 1. The lowest BCUT2D eigenvalue weighted by molar-refractivity contribution is 0.172. The lowest BCUT2D eigenvalue weighted by atomic mass is 10.1. The minimum Gasteiger partial charge on any atom is -0.493 e. The Bertz CT molecular complexity index is 702. The Morgan fingerprint density at radius 2 is 1.85 bits per heavy atom. The quantitative estimate of drug-likeness (QED) is 0.383. The second-order valence-corrected chi connectivity index (χ2v) is 6.39. The van der Waals surface area contributed by atoms with Gasteiger partial charge in [-0.3, -0.25) is 4.99 Å². The van der Waals surface area contributed by atoms with Gasteiger partial charge in [-0.15, -0.1) is 0 Å². The number of methoxy groups -OCH3 is 1. The summed E-state index contributed by atoms with van der Waals surface area (Å²) < 4.78 is 11.0. The van der Waals surface area contributed by atoms with Crippen LogP contribution in [0.2, 0.25) is 0 Å². The van der Waals surface area contributed by atoms with Crippen LogP contribution in [0, 0.1) is 6.92 Å². The Balaban J connectivity index is 1.84. The molecule has 5 nitrogen and oxygen atoms in total. The molecule has 0 saturated carbocycles. The summed E-state index contributed by atoms with van der Waals surface area (Å²) in [6, 6.07) is 16.7. The fourth-order valence-electron chi connectivity index (χ4n) is 2.70. The lowest BCUT2D eigenvalue weighted by Crippen LogP contribution is -2.37. The van der Waals surface area contributed by atoms with E-state index in [2.05, 4.69) is 65.0 Å². The second kappa shape index (κ2) is 12.0. The number of rotatable bonds is 10. The summed E-state index contributed by atoms with van der Waals surface area (Å²) in [5.41, 5.74) is 3.61. The van der Waals surface area contributed by atoms with E-state index >= 15 is 0 Å². The average molecular weight is 370 g/mol. The van der Waals surface area contributed by atoms with Crippen LogP contribution >= 0.6 is 0 Å². The number of aryl methyl sites for hydroxylation is 1. The largest absolute Gasteiger partial charge is 0.493 e. The van der Waals surface area contributed by atoms with Crippen molar-refractivity contribution < 1.29 is 9.47 Å². The van der Waals surface area contributed by atoms with Crippen molar-refractivity contribution in [3.63, 3.8) is 0 Å². The highest BCUT2D eigenvalue weighted by molar-refractivity contribution is 5.79. The van der Waals surface area contributed by atoms with Crippen molar-refractivity contribution in [2.75, 3.05) is 33.9 Å². The molecular weight excluding hydrogens is 338 g/mol. The van der Waals surface area contributed by atoms with Crippen molar-refractivity contribution in [3.8, 4) is 5.75 Å². The van der Waals surface area contributed by atoms with Gasteiger partial charge in [0.2, 0.25) is 0 Å². The number of aliphatic imine (C=N–C) groups is 1. The van der Waals surface area contributed by atoms with Crippen LogP contribution < -0.4 is 15.4 Å². The molecule has 5 heteroatoms. The average Bonchev–Trinajstić information content (AvgIpc) is 2.69. The van der Waals surface area contributed by atoms with E-state index in [1.54, 1.807) is 14.2 Å². The Kier molecular flexibility index (Phi) is 9.21. The standard InChI is InChI=1S/C22H31N3O2/c1-18-10-11-20(21(16-18)27-15-7-14-26-3)17-25-22(23-2)24-13-12-19-8-5-4-6-9-19/h4-6,8-11,16H,7,12-15,17H2,1-3H3,(H2,23,24,25). The normalized spacial score (nSPS) is 11.3. The third-order valence-corrected chi connectivity index (χ3v) is 4.19. The summed E-state index contributed by atoms with van der Waals surface area (Å²) in [4.78, 5) is 4.31. The number of nitrogens with one attached hydrogen (secondary N) is 2. The predicted octanol–water partition coefficient (Wildman–Crippen LogP) is 3.32. The van der Waals surface area contributed by atoms with Crippen LogP contribution in [0.5, 0.6) is 5.75 Å². The fraction of sp³-hybridized carbons (Fsp3) is 0.409. The Morgan fingerprint density at radius 1 is 1.04 bits per heavy atom. The maximum atomic E-state index is 5.94. The number of nitrogens with zero attached hydrogens (tertiary/aromatic N) is 1. The smallest absolute Gasteiger partial charge is 0.191 e. The van der Waals surface area contributed by atoms with E-state index in [4.69, 9.17) is 9.47 Å². The number of benzene rings is 2. The minimum atomic E-state index is 0.647. The Labute approximate surface area is 162 Å². The van der Waals surface area contributed by atoms with Crippen molar-refractivity contribution in [1.29, 1.82) is 0 Å². The number of hydrogen-bond acceptors (Lipinski definition) is 3. The fourth-order valence-corrected chi connectivity index (χ4v) is 2.70. The van der Waals surface area contributed by atoms with Gasteiger partial charge in [-0.2, -0.15) is 0 Å². The molecule has 2 N–H and O–H groups in total. The first-order chi connectivity index (χ1) is 13.2. The molecule has 2 rings (SSSR count). The van der Waals surface area contributed by atoms with E-state index in [-0.39, 0.29) is 0 Å². The molecule has 146 valence electrons. The van der Waals surface area contributed by atoms with Crippen molar-refractivity contribution in [2.24, 2.45) is 4.99 Å². The van der Waals surface area contributed by atoms with Gasteiger partial charge in [0.25, 0.3) is 0 Å². The van der Waals surface area contributed by atoms with Crippen LogP contribution in [0.3, 0.4) is 0 Å². The predicted molar refractivity (Wildman–Crippen MR) is 112 cm³/mol. The van der Waals surface area contributed by atoms with E-state index < -0.39 is 0 Å². The zero-order valence-electron chi connectivity index (χ0n) is 16.6. The Hall–Kier alpha value is -2.53. The van der Waals surface area contributed by atoms with Gasteiger partial charge in [-0.05, 0) is 30.5 Å². The van der Waals surface area contributed by atoms with Gasteiger partial charge in [-0.25, -0.2) is 0 Å². The maximum absolute atomic E-state index is 5.94. The topological polar surface area (TPSA) is 54.9 Å². The molecule has 0 aliphatic carbocycles. The first-order valence-electron chi connectivity index (χ1n) is 9.42. The zero-order valence-corrected chi connectivity index (χ0v) is 16.6. The molecule has 0 amide bonds. The van der Waals surface area contributed by atoms with Gasteiger partial charge in [0, 0.05) is 45.8 Å². The van der Waals surface area contributed by atoms with Gasteiger partial charge >= 0.3 is 0 Å². The molecule has 2 aromatic rings. The van der Waals surface area contributed by atoms with E-state index in [9.17, 15) is 0 Å². The number of hydrogen-bond donors (Lipinski definition) is 2. The highest BCUT2D eigenvalue weighted by atomic mass is 16.5. The third kappa shape index (κ3) is 7.71. The molecule has 0 bridgehead atoms. The molecule has 0 radical (unpaired) electrons. The first kappa shape index (κ1) is 20.8. The number of ether oxygens (including phenoxy) is 2. The molecule has 2 aromatic carbocycles. The summed E-state index contributed by atoms with van der Waals surface area (Å²) in [5, 5.41) is 6.73. The van der Waals surface area contributed by atoms with Crippen molar-refractivity contribution in [3.05, 3.63) is 65.2 Å². The molecular formula is C22H31N3O2. The summed E-state index contributed by atoms with van der Waals surface area (Å²) in [6.45, 7) is 4.91. The second-order valence-electron chi connectivity index (χ2n) is 6.39. The first-order valence-corrected chi connectivity index (χ1v) is 9.42. The highest BCUT2D eigenvalue weighted by Gasteiger charge is 2.06. The molecule has 0 aliphatic rings. The van der Waals surface area contributed by atoms with Gasteiger partial charge in [0.05, 0.1) is 6.61 Å². The molecule has 0 aromatic heterocycles. The molecule has 0 atom stereocenters. The summed E-state index contributed by atoms with van der Waals surface area (Å²) in [7, 11) is 3.49. The molecule has 0 saturated heterocycles. The van der Waals surface area contributed by atoms with E-state index in [0.717, 1.165) is 36.7 Å². The van der Waals surface area contributed by atoms with Crippen molar-refractivity contribution in [2.45, 2.75) is 26.3 Å². The van der Waals surface area contributed by atoms with Crippen LogP contribution in [0.4, 0.5) is 0 Å². The molecule has 0 heterocycles. The van der Waals surface area contributed by atoms with E-state index in [1.807, 2.05) is 6.07 Å². The molecule has 0 aliphatic heterocycles. The van der Waals surface area contributed by atoms with Gasteiger partial charge in [0.15, 0.2) is 5.96 Å². The molecule has 0 unspecified atom stereocenters. The molecule has 0 spiro atoms. The van der Waals surface area contributed by atoms with E-state index in [1.165, 1.54) is 11.1 Å².